The minimum atomic E-state index is -0.0257. The molecule has 0 N–H and O–H groups in total. The molecule has 0 radical (unpaired) electrons. The third-order valence-electron chi connectivity index (χ3n) is 7.03. The Hall–Kier alpha value is -3.00. The first-order chi connectivity index (χ1) is 17.1. The van der Waals surface area contributed by atoms with E-state index in [4.69, 9.17) is 4.42 Å². The number of oxazole rings is 1. The van der Waals surface area contributed by atoms with E-state index in [-0.39, 0.29) is 5.91 Å². The standard InChI is InChI=1S/C28H35N5O2/c1-23-7-9-25(10-8-23)20-30-11-13-32(14-12-30)21-27-29-26(22-35-27)28(34)33-17-15-31(16-18-33)19-24-5-3-2-4-6-24/h2-10,22H,11-21H2,1H3. The van der Waals surface area contributed by atoms with Crippen LogP contribution < -0.4 is 0 Å². The smallest absolute Gasteiger partial charge is 0.275 e. The van der Waals surface area contributed by atoms with E-state index in [1.165, 1.54) is 23.0 Å². The van der Waals surface area contributed by atoms with E-state index < -0.39 is 0 Å². The first-order valence-corrected chi connectivity index (χ1v) is 12.6. The summed E-state index contributed by atoms with van der Waals surface area (Å²) in [6.07, 6.45) is 1.53. The molecule has 184 valence electrons. The van der Waals surface area contributed by atoms with E-state index >= 15 is 0 Å². The third kappa shape index (κ3) is 6.36. The van der Waals surface area contributed by atoms with Gasteiger partial charge in [-0.3, -0.25) is 19.5 Å². The summed E-state index contributed by atoms with van der Waals surface area (Å²) in [4.78, 5) is 26.6. The first kappa shape index (κ1) is 23.7. The number of carbonyl (C=O) groups excluding carboxylic acids is 1. The van der Waals surface area contributed by atoms with Gasteiger partial charge < -0.3 is 9.32 Å². The molecule has 35 heavy (non-hydrogen) atoms. The molecule has 0 atom stereocenters. The Morgan fingerprint density at radius 1 is 0.743 bits per heavy atom. The summed E-state index contributed by atoms with van der Waals surface area (Å²) < 4.78 is 5.69. The molecule has 2 aliphatic rings. The van der Waals surface area contributed by atoms with Crippen molar-refractivity contribution in [3.63, 3.8) is 0 Å². The molecule has 0 aliphatic carbocycles. The highest BCUT2D eigenvalue weighted by Gasteiger charge is 2.25. The summed E-state index contributed by atoms with van der Waals surface area (Å²) in [7, 11) is 0. The Morgan fingerprint density at radius 3 is 1.91 bits per heavy atom. The van der Waals surface area contributed by atoms with Crippen LogP contribution in [-0.4, -0.2) is 82.8 Å². The predicted molar refractivity (Wildman–Crippen MR) is 136 cm³/mol. The lowest BCUT2D eigenvalue weighted by Crippen LogP contribution is -2.48. The van der Waals surface area contributed by atoms with Gasteiger partial charge in [0.2, 0.25) is 5.89 Å². The summed E-state index contributed by atoms with van der Waals surface area (Å²) in [6, 6.07) is 19.3. The number of rotatable bonds is 7. The molecule has 1 amide bonds. The number of aryl methyl sites for hydroxylation is 1. The van der Waals surface area contributed by atoms with Gasteiger partial charge in [0, 0.05) is 65.4 Å². The highest BCUT2D eigenvalue weighted by Crippen LogP contribution is 2.15. The third-order valence-corrected chi connectivity index (χ3v) is 7.03. The summed E-state index contributed by atoms with van der Waals surface area (Å²) in [5.74, 6) is 0.602. The number of hydrogen-bond donors (Lipinski definition) is 0. The molecule has 3 aromatic rings. The second kappa shape index (κ2) is 11.2. The maximum absolute atomic E-state index is 13.0. The lowest BCUT2D eigenvalue weighted by molar-refractivity contribution is 0.0622. The molecule has 5 rings (SSSR count). The second-order valence-corrected chi connectivity index (χ2v) is 9.72. The van der Waals surface area contributed by atoms with Crippen molar-refractivity contribution < 1.29 is 9.21 Å². The lowest BCUT2D eigenvalue weighted by atomic mass is 10.1. The molecule has 3 heterocycles. The SMILES string of the molecule is Cc1ccc(CN2CCN(Cc3nc(C(=O)N4CCN(Cc5ccccc5)CC4)co3)CC2)cc1. The Morgan fingerprint density at radius 2 is 1.29 bits per heavy atom. The van der Waals surface area contributed by atoms with Crippen molar-refractivity contribution in [3.8, 4) is 0 Å². The largest absolute Gasteiger partial charge is 0.447 e. The molecule has 1 aromatic heterocycles. The van der Waals surface area contributed by atoms with Crippen LogP contribution in [0.25, 0.3) is 0 Å². The summed E-state index contributed by atoms with van der Waals surface area (Å²) in [5, 5.41) is 0. The molecular formula is C28H35N5O2. The molecule has 0 unspecified atom stereocenters. The zero-order valence-corrected chi connectivity index (χ0v) is 20.6. The van der Waals surface area contributed by atoms with Gasteiger partial charge in [0.25, 0.3) is 5.91 Å². The number of hydrogen-bond acceptors (Lipinski definition) is 6. The molecule has 2 saturated heterocycles. The zero-order chi connectivity index (χ0) is 24.0. The lowest BCUT2D eigenvalue weighted by Gasteiger charge is -2.34. The van der Waals surface area contributed by atoms with Crippen LogP contribution in [0.15, 0.2) is 65.3 Å². The Kier molecular flexibility index (Phi) is 7.57. The average molecular weight is 474 g/mol. The molecule has 2 aliphatic heterocycles. The van der Waals surface area contributed by atoms with Crippen molar-refractivity contribution in [2.75, 3.05) is 52.4 Å². The van der Waals surface area contributed by atoms with E-state index in [1.54, 1.807) is 0 Å². The molecule has 7 heteroatoms. The van der Waals surface area contributed by atoms with Crippen molar-refractivity contribution in [1.29, 1.82) is 0 Å². The second-order valence-electron chi connectivity index (χ2n) is 9.72. The van der Waals surface area contributed by atoms with E-state index in [0.717, 1.165) is 65.4 Å². The summed E-state index contributed by atoms with van der Waals surface area (Å²) in [5.41, 5.74) is 4.40. The molecule has 7 nitrogen and oxygen atoms in total. The summed E-state index contributed by atoms with van der Waals surface area (Å²) >= 11 is 0. The number of benzene rings is 2. The van der Waals surface area contributed by atoms with E-state index in [9.17, 15) is 4.79 Å². The number of nitrogens with zero attached hydrogens (tertiary/aromatic N) is 5. The molecule has 0 spiro atoms. The minimum absolute atomic E-state index is 0.0257. The first-order valence-electron chi connectivity index (χ1n) is 12.6. The van der Waals surface area contributed by atoms with Crippen LogP contribution in [0.5, 0.6) is 0 Å². The van der Waals surface area contributed by atoms with Crippen LogP contribution in [0.3, 0.4) is 0 Å². The van der Waals surface area contributed by atoms with Crippen LogP contribution in [-0.2, 0) is 19.6 Å². The monoisotopic (exact) mass is 473 g/mol. The topological polar surface area (TPSA) is 56.1 Å². The Labute approximate surface area is 207 Å². The van der Waals surface area contributed by atoms with Gasteiger partial charge in [0.1, 0.15) is 6.26 Å². The van der Waals surface area contributed by atoms with Gasteiger partial charge >= 0.3 is 0 Å². The van der Waals surface area contributed by atoms with Crippen LogP contribution in [0.4, 0.5) is 0 Å². The highest BCUT2D eigenvalue weighted by atomic mass is 16.3. The molecule has 2 aromatic carbocycles. The average Bonchev–Trinajstić information content (AvgIpc) is 3.36. The maximum Gasteiger partial charge on any atom is 0.275 e. The highest BCUT2D eigenvalue weighted by molar-refractivity contribution is 5.92. The zero-order valence-electron chi connectivity index (χ0n) is 20.6. The normalized spacial score (nSPS) is 18.1. The van der Waals surface area contributed by atoms with Crippen molar-refractivity contribution in [1.82, 2.24) is 24.6 Å². The molecular weight excluding hydrogens is 438 g/mol. The molecule has 2 fully saturated rings. The van der Waals surface area contributed by atoms with Gasteiger partial charge in [0.05, 0.1) is 6.54 Å². The van der Waals surface area contributed by atoms with Gasteiger partial charge in [-0.15, -0.1) is 0 Å². The van der Waals surface area contributed by atoms with Gasteiger partial charge in [-0.25, -0.2) is 4.98 Å². The van der Waals surface area contributed by atoms with E-state index in [1.807, 2.05) is 11.0 Å². The fourth-order valence-corrected chi connectivity index (χ4v) is 4.84. The van der Waals surface area contributed by atoms with Crippen molar-refractivity contribution in [2.24, 2.45) is 0 Å². The number of aromatic nitrogens is 1. The fraction of sp³-hybridized carbons (Fsp3) is 0.429. The maximum atomic E-state index is 13.0. The quantitative estimate of drug-likeness (QED) is 0.525. The predicted octanol–water partition coefficient (Wildman–Crippen LogP) is 3.26. The van der Waals surface area contributed by atoms with Crippen molar-refractivity contribution in [2.45, 2.75) is 26.6 Å². The van der Waals surface area contributed by atoms with Crippen LogP contribution in [0.2, 0.25) is 0 Å². The number of amides is 1. The minimum Gasteiger partial charge on any atom is -0.447 e. The van der Waals surface area contributed by atoms with Gasteiger partial charge in [-0.2, -0.15) is 0 Å². The van der Waals surface area contributed by atoms with Crippen molar-refractivity contribution >= 4 is 5.91 Å². The van der Waals surface area contributed by atoms with Crippen molar-refractivity contribution in [3.05, 3.63) is 89.1 Å². The fourth-order valence-electron chi connectivity index (χ4n) is 4.84. The van der Waals surface area contributed by atoms with Gasteiger partial charge in [0.15, 0.2) is 5.69 Å². The van der Waals surface area contributed by atoms with E-state index in [2.05, 4.69) is 75.1 Å². The number of piperazine rings is 2. The van der Waals surface area contributed by atoms with Crippen LogP contribution in [0.1, 0.15) is 33.1 Å². The van der Waals surface area contributed by atoms with E-state index in [0.29, 0.717) is 18.1 Å². The molecule has 0 bridgehead atoms. The summed E-state index contributed by atoms with van der Waals surface area (Å²) in [6.45, 7) is 11.9. The van der Waals surface area contributed by atoms with Crippen LogP contribution in [0, 0.1) is 6.92 Å². The Balaban J connectivity index is 1.06. The van der Waals surface area contributed by atoms with Gasteiger partial charge in [-0.05, 0) is 18.1 Å². The van der Waals surface area contributed by atoms with Gasteiger partial charge in [-0.1, -0.05) is 60.2 Å². The Bertz CT molecular complexity index is 1080. The molecule has 0 saturated carbocycles. The van der Waals surface area contributed by atoms with Crippen LogP contribution >= 0.6 is 0 Å². The number of carbonyl (C=O) groups is 1.